The van der Waals surface area contributed by atoms with Crippen molar-refractivity contribution in [3.8, 4) is 0 Å². The second-order valence-electron chi connectivity index (χ2n) is 1.71. The van der Waals surface area contributed by atoms with Gasteiger partial charge < -0.3 is 20.4 Å². The smallest absolute Gasteiger partial charge is 0.343 e. The van der Waals surface area contributed by atoms with E-state index >= 15 is 0 Å². The maximum absolute atomic E-state index is 9.80. The van der Waals surface area contributed by atoms with Crippen molar-refractivity contribution in [3.05, 3.63) is 0 Å². The first-order valence-corrected chi connectivity index (χ1v) is 2.56. The molecule has 0 aromatic heterocycles. The van der Waals surface area contributed by atoms with Gasteiger partial charge in [-0.15, -0.1) is 0 Å². The van der Waals surface area contributed by atoms with Gasteiger partial charge >= 0.3 is 12.1 Å². The number of rotatable bonds is 4. The van der Waals surface area contributed by atoms with Crippen molar-refractivity contribution >= 4 is 5.97 Å². The summed E-state index contributed by atoms with van der Waals surface area (Å²) in [6.45, 7) is -0.209. The van der Waals surface area contributed by atoms with Crippen molar-refractivity contribution in [2.45, 2.75) is 12.5 Å². The van der Waals surface area contributed by atoms with Gasteiger partial charge in [0.2, 0.25) is 0 Å². The van der Waals surface area contributed by atoms with Gasteiger partial charge in [-0.25, -0.2) is 5.32 Å². The third kappa shape index (κ3) is 13.0. The summed E-state index contributed by atoms with van der Waals surface area (Å²) >= 11 is 0. The number of carbonyl (C=O) groups is 1. The van der Waals surface area contributed by atoms with Gasteiger partial charge in [-0.1, -0.05) is 0 Å². The van der Waals surface area contributed by atoms with E-state index in [1.807, 2.05) is 0 Å². The van der Waals surface area contributed by atoms with Crippen molar-refractivity contribution in [3.63, 3.8) is 0 Å². The van der Waals surface area contributed by atoms with Gasteiger partial charge in [0.15, 0.2) is 0 Å². The third-order valence-corrected chi connectivity index (χ3v) is 0.701. The van der Waals surface area contributed by atoms with E-state index in [-0.39, 0.29) is 33.4 Å². The third-order valence-electron chi connectivity index (χ3n) is 0.701. The first kappa shape index (κ1) is 13.6. The summed E-state index contributed by atoms with van der Waals surface area (Å²) in [5, 5.41) is 34.2. The summed E-state index contributed by atoms with van der Waals surface area (Å²) in [4.78, 5) is 9.80. The number of hydrogen-bond acceptors (Lipinski definition) is 5. The molecule has 0 unspecified atom stereocenters. The van der Waals surface area contributed by atoms with E-state index in [1.54, 1.807) is 5.32 Å². The van der Waals surface area contributed by atoms with E-state index in [4.69, 9.17) is 20.4 Å². The summed E-state index contributed by atoms with van der Waals surface area (Å²) in [5.41, 5.74) is 0. The summed E-state index contributed by atoms with van der Waals surface area (Å²) in [6.07, 6.45) is -3.26. The summed E-state index contributed by atoms with van der Waals surface area (Å²) in [7, 11) is 0. The van der Waals surface area contributed by atoms with Gasteiger partial charge in [0.1, 0.15) is 0 Å². The van der Waals surface area contributed by atoms with Crippen LogP contribution in [-0.2, 0) is 25.2 Å². The Morgan fingerprint density at radius 1 is 1.36 bits per heavy atom. The van der Waals surface area contributed by atoms with Crippen molar-refractivity contribution in [1.29, 1.82) is 0 Å². The molecule has 0 bridgehead atoms. The van der Waals surface area contributed by atoms with Gasteiger partial charge in [-0.2, -0.15) is 0 Å². The standard InChI is InChI=1S/C4H9NO5.Pd/c6-3(7)1-2-5-4(8,9)10;/h5,8-10H,1-2H2,(H,6,7);. The molecule has 11 heavy (non-hydrogen) atoms. The molecule has 0 rings (SSSR count). The van der Waals surface area contributed by atoms with Crippen LogP contribution in [0.1, 0.15) is 6.42 Å². The molecule has 0 aromatic rings. The Balaban J connectivity index is 0. The maximum atomic E-state index is 9.80. The fraction of sp³-hybridized carbons (Fsp3) is 0.750. The second-order valence-corrected chi connectivity index (χ2v) is 1.71. The molecule has 6 nitrogen and oxygen atoms in total. The molecule has 70 valence electrons. The number of nitrogens with one attached hydrogen (secondary N) is 1. The van der Waals surface area contributed by atoms with Crippen molar-refractivity contribution < 1.29 is 45.6 Å². The predicted molar refractivity (Wildman–Crippen MR) is 29.6 cm³/mol. The van der Waals surface area contributed by atoms with Crippen LogP contribution in [0.15, 0.2) is 0 Å². The zero-order valence-corrected chi connectivity index (χ0v) is 6.98. The average molecular weight is 258 g/mol. The average Bonchev–Trinajstić information content (AvgIpc) is 1.59. The zero-order valence-electron chi connectivity index (χ0n) is 5.43. The SMILES string of the molecule is O=C(O)CCNC(O)(O)O.[Pd]. The molecule has 0 spiro atoms. The zero-order chi connectivity index (χ0) is 8.20. The molecular formula is C4H9NO5Pd. The molecule has 0 aliphatic carbocycles. The Labute approximate surface area is 76.5 Å². The molecule has 0 saturated heterocycles. The molecule has 0 aliphatic heterocycles. The number of hydrogen-bond donors (Lipinski definition) is 5. The summed E-state index contributed by atoms with van der Waals surface area (Å²) in [6, 6.07) is 0. The molecule has 0 atom stereocenters. The van der Waals surface area contributed by atoms with E-state index in [9.17, 15) is 4.79 Å². The van der Waals surface area contributed by atoms with Crippen molar-refractivity contribution in [2.75, 3.05) is 6.54 Å². The van der Waals surface area contributed by atoms with Gasteiger partial charge in [-0.3, -0.25) is 4.79 Å². The second kappa shape index (κ2) is 5.60. The first-order chi connectivity index (χ1) is 4.42. The minimum absolute atomic E-state index is 0. The van der Waals surface area contributed by atoms with Gasteiger partial charge in [-0.05, 0) is 0 Å². The number of carboxylic acid groups (broad SMARTS) is 1. The minimum atomic E-state index is -2.98. The molecule has 7 heteroatoms. The Bertz CT molecular complexity index is 122. The summed E-state index contributed by atoms with van der Waals surface area (Å²) in [5.74, 6) is -1.09. The first-order valence-electron chi connectivity index (χ1n) is 2.56. The Hall–Kier alpha value is -0.0277. The van der Waals surface area contributed by atoms with Crippen molar-refractivity contribution in [1.82, 2.24) is 5.32 Å². The molecule has 0 amide bonds. The Morgan fingerprint density at radius 2 is 1.82 bits per heavy atom. The van der Waals surface area contributed by atoms with E-state index in [1.165, 1.54) is 0 Å². The molecule has 0 fully saturated rings. The molecule has 0 aliphatic rings. The minimum Gasteiger partial charge on any atom is -0.481 e. The van der Waals surface area contributed by atoms with Crippen LogP contribution < -0.4 is 5.32 Å². The van der Waals surface area contributed by atoms with Crippen LogP contribution >= 0.6 is 0 Å². The topological polar surface area (TPSA) is 110 Å². The Morgan fingerprint density at radius 3 is 2.09 bits per heavy atom. The van der Waals surface area contributed by atoms with Crippen LogP contribution in [0.4, 0.5) is 0 Å². The van der Waals surface area contributed by atoms with Crippen LogP contribution in [0.3, 0.4) is 0 Å². The van der Waals surface area contributed by atoms with E-state index < -0.39 is 12.1 Å². The van der Waals surface area contributed by atoms with Crippen LogP contribution in [0.2, 0.25) is 0 Å². The molecule has 0 aromatic carbocycles. The van der Waals surface area contributed by atoms with Crippen LogP contribution in [0, 0.1) is 0 Å². The molecule has 5 N–H and O–H groups in total. The van der Waals surface area contributed by atoms with Crippen molar-refractivity contribution in [2.24, 2.45) is 0 Å². The fourth-order valence-electron chi connectivity index (χ4n) is 0.337. The van der Waals surface area contributed by atoms with Gasteiger partial charge in [0.25, 0.3) is 0 Å². The number of aliphatic carboxylic acids is 1. The van der Waals surface area contributed by atoms with Crippen LogP contribution in [0.5, 0.6) is 0 Å². The fourth-order valence-corrected chi connectivity index (χ4v) is 0.337. The summed E-state index contributed by atoms with van der Waals surface area (Å²) < 4.78 is 0. The van der Waals surface area contributed by atoms with Crippen LogP contribution in [-0.4, -0.2) is 39.0 Å². The normalized spacial score (nSPS) is 10.5. The van der Waals surface area contributed by atoms with Gasteiger partial charge in [0.05, 0.1) is 6.42 Å². The van der Waals surface area contributed by atoms with E-state index in [0.29, 0.717) is 0 Å². The monoisotopic (exact) mass is 257 g/mol. The number of aliphatic hydroxyl groups is 3. The molecular weight excluding hydrogens is 248 g/mol. The van der Waals surface area contributed by atoms with Crippen LogP contribution in [0.25, 0.3) is 0 Å². The Kier molecular flexibility index (Phi) is 6.90. The molecule has 0 saturated carbocycles. The molecule has 0 radical (unpaired) electrons. The quantitative estimate of drug-likeness (QED) is 0.285. The number of carboxylic acids is 1. The van der Waals surface area contributed by atoms with E-state index in [0.717, 1.165) is 0 Å². The largest absolute Gasteiger partial charge is 0.481 e. The van der Waals surface area contributed by atoms with E-state index in [2.05, 4.69) is 0 Å². The predicted octanol–water partition coefficient (Wildman–Crippen LogP) is -2.36. The molecule has 0 heterocycles. The maximum Gasteiger partial charge on any atom is 0.343 e. The van der Waals surface area contributed by atoms with Gasteiger partial charge in [0, 0.05) is 27.0 Å².